The van der Waals surface area contributed by atoms with Gasteiger partial charge in [-0.25, -0.2) is 4.39 Å². The molecule has 1 aromatic heterocycles. The van der Waals surface area contributed by atoms with Crippen LogP contribution in [0.25, 0.3) is 6.08 Å². The number of pyridine rings is 1. The van der Waals surface area contributed by atoms with Gasteiger partial charge in [0.05, 0.1) is 11.7 Å². The van der Waals surface area contributed by atoms with Crippen molar-refractivity contribution >= 4 is 6.08 Å². The van der Waals surface area contributed by atoms with E-state index in [0.717, 1.165) is 29.3 Å². The number of aryl methyl sites for hydroxylation is 1. The maximum absolute atomic E-state index is 12.5. The summed E-state index contributed by atoms with van der Waals surface area (Å²) in [6.07, 6.45) is 11.1. The number of hydrogen-bond donors (Lipinski definition) is 1. The van der Waals surface area contributed by atoms with Crippen LogP contribution >= 0.6 is 0 Å². The van der Waals surface area contributed by atoms with Crippen LogP contribution in [0.1, 0.15) is 54.6 Å². The van der Waals surface area contributed by atoms with Crippen molar-refractivity contribution in [1.82, 2.24) is 10.3 Å². The number of nitrogens with zero attached hydrogens (tertiary/aromatic N) is 1. The average Bonchev–Trinajstić information content (AvgIpc) is 3.50. The molecule has 1 N–H and O–H groups in total. The Morgan fingerprint density at radius 1 is 1.23 bits per heavy atom. The summed E-state index contributed by atoms with van der Waals surface area (Å²) in [5.41, 5.74) is 4.88. The fourth-order valence-corrected chi connectivity index (χ4v) is 2.93. The third kappa shape index (κ3) is 5.55. The minimum absolute atomic E-state index is 0.0959. The number of halogens is 1. The first-order valence-electron chi connectivity index (χ1n) is 9.37. The van der Waals surface area contributed by atoms with E-state index in [1.54, 1.807) is 12.1 Å². The molecular weight excluding hydrogens is 323 g/mol. The molecule has 1 atom stereocenters. The molecule has 2 nitrogen and oxygen atoms in total. The monoisotopic (exact) mass is 350 g/mol. The third-order valence-corrected chi connectivity index (χ3v) is 4.84. The van der Waals surface area contributed by atoms with Gasteiger partial charge in [-0.1, -0.05) is 55.8 Å². The fourth-order valence-electron chi connectivity index (χ4n) is 2.93. The smallest absolute Gasteiger partial charge is 0.115 e. The normalized spacial score (nSPS) is 15.2. The lowest BCUT2D eigenvalue weighted by Crippen LogP contribution is -2.17. The van der Waals surface area contributed by atoms with Crippen LogP contribution in [0.3, 0.4) is 0 Å². The van der Waals surface area contributed by atoms with E-state index in [1.807, 2.05) is 30.5 Å². The number of benzene rings is 1. The number of hydrogen-bond acceptors (Lipinski definition) is 2. The minimum atomic E-state index is -0.428. The molecule has 2 aromatic rings. The van der Waals surface area contributed by atoms with Gasteiger partial charge in [-0.15, -0.1) is 0 Å². The molecule has 0 amide bonds. The van der Waals surface area contributed by atoms with Crippen molar-refractivity contribution in [1.29, 1.82) is 0 Å². The molecule has 1 saturated carbocycles. The van der Waals surface area contributed by atoms with Crippen molar-refractivity contribution in [3.63, 3.8) is 0 Å². The fraction of sp³-hybridized carbons (Fsp3) is 0.348. The third-order valence-electron chi connectivity index (χ3n) is 4.84. The van der Waals surface area contributed by atoms with E-state index in [0.29, 0.717) is 5.56 Å². The van der Waals surface area contributed by atoms with Gasteiger partial charge in [0.2, 0.25) is 0 Å². The highest BCUT2D eigenvalue weighted by Gasteiger charge is 2.20. The van der Waals surface area contributed by atoms with Gasteiger partial charge in [0.15, 0.2) is 0 Å². The van der Waals surface area contributed by atoms with Gasteiger partial charge in [0.1, 0.15) is 6.67 Å². The molecule has 0 spiro atoms. The second kappa shape index (κ2) is 8.79. The molecule has 1 fully saturated rings. The van der Waals surface area contributed by atoms with Gasteiger partial charge in [0.25, 0.3) is 0 Å². The lowest BCUT2D eigenvalue weighted by atomic mass is 10.1. The summed E-state index contributed by atoms with van der Waals surface area (Å²) >= 11 is 0. The Morgan fingerprint density at radius 3 is 2.58 bits per heavy atom. The highest BCUT2D eigenvalue weighted by atomic mass is 19.1. The lowest BCUT2D eigenvalue weighted by molar-refractivity contribution is 0.485. The summed E-state index contributed by atoms with van der Waals surface area (Å²) in [7, 11) is 0. The summed E-state index contributed by atoms with van der Waals surface area (Å²) in [6.45, 7) is 5.71. The topological polar surface area (TPSA) is 24.9 Å². The summed E-state index contributed by atoms with van der Waals surface area (Å²) in [4.78, 5) is 4.60. The van der Waals surface area contributed by atoms with Crippen molar-refractivity contribution in [2.45, 2.75) is 45.3 Å². The molecule has 1 unspecified atom stereocenters. The van der Waals surface area contributed by atoms with Crippen molar-refractivity contribution < 1.29 is 4.39 Å². The summed E-state index contributed by atoms with van der Waals surface area (Å²) in [5, 5.41) is 3.36. The summed E-state index contributed by atoms with van der Waals surface area (Å²) in [6, 6.07) is 11.8. The Hall–Kier alpha value is -2.42. The van der Waals surface area contributed by atoms with Gasteiger partial charge >= 0.3 is 0 Å². The molecule has 1 aromatic carbocycles. The molecule has 1 aliphatic rings. The highest BCUT2D eigenvalue weighted by Crippen LogP contribution is 2.33. The molecule has 136 valence electrons. The van der Waals surface area contributed by atoms with E-state index in [4.69, 9.17) is 0 Å². The first-order valence-corrected chi connectivity index (χ1v) is 9.37. The number of allylic oxidation sites excluding steroid dienone is 1. The molecular formula is C23H27FN2. The molecule has 0 bridgehead atoms. The molecule has 0 saturated heterocycles. The zero-order valence-corrected chi connectivity index (χ0v) is 15.4. The van der Waals surface area contributed by atoms with Crippen LogP contribution in [0.5, 0.6) is 0 Å². The molecule has 0 radical (unpaired) electrons. The van der Waals surface area contributed by atoms with Crippen LogP contribution in [-0.2, 0) is 13.1 Å². The van der Waals surface area contributed by atoms with Crippen LogP contribution in [0.4, 0.5) is 4.39 Å². The molecule has 3 heteroatoms. The second-order valence-corrected chi connectivity index (χ2v) is 7.17. The first-order chi connectivity index (χ1) is 12.6. The van der Waals surface area contributed by atoms with Crippen molar-refractivity contribution in [3.8, 4) is 0 Å². The SMILES string of the molecule is C=C(/C=C/c1ccc(CF)cc1)NC(C)c1ccc(CCC2CC2)cn1. The van der Waals surface area contributed by atoms with Crippen LogP contribution in [0, 0.1) is 5.92 Å². The molecule has 1 aliphatic carbocycles. The standard InChI is InChI=1S/C23H27FN2/c1-17(3-4-19-7-10-21(15-24)11-8-19)26-18(2)23-14-13-22(16-25-23)12-9-20-5-6-20/h3-4,7-8,10-11,13-14,16,18,20,26H,1,5-6,9,12,15H2,2H3/b4-3+. The average molecular weight is 350 g/mol. The Labute approximate surface area is 155 Å². The van der Waals surface area contributed by atoms with E-state index < -0.39 is 6.67 Å². The van der Waals surface area contributed by atoms with Gasteiger partial charge in [-0.3, -0.25) is 4.98 Å². The van der Waals surface area contributed by atoms with Gasteiger partial charge in [-0.2, -0.15) is 0 Å². The van der Waals surface area contributed by atoms with Crippen LogP contribution in [0.15, 0.2) is 60.9 Å². The zero-order chi connectivity index (χ0) is 18.4. The van der Waals surface area contributed by atoms with E-state index in [-0.39, 0.29) is 6.04 Å². The van der Waals surface area contributed by atoms with Crippen LogP contribution in [0.2, 0.25) is 0 Å². The maximum Gasteiger partial charge on any atom is 0.115 e. The van der Waals surface area contributed by atoms with Crippen LogP contribution in [-0.4, -0.2) is 4.98 Å². The van der Waals surface area contributed by atoms with Crippen LogP contribution < -0.4 is 5.32 Å². The Balaban J connectivity index is 1.50. The quantitative estimate of drug-likeness (QED) is 0.581. The van der Waals surface area contributed by atoms with E-state index in [1.165, 1.54) is 24.8 Å². The Morgan fingerprint density at radius 2 is 1.96 bits per heavy atom. The lowest BCUT2D eigenvalue weighted by Gasteiger charge is -2.15. The number of nitrogens with one attached hydrogen (secondary N) is 1. The summed E-state index contributed by atoms with van der Waals surface area (Å²) in [5.74, 6) is 0.957. The van der Waals surface area contributed by atoms with E-state index in [2.05, 4.69) is 35.9 Å². The van der Waals surface area contributed by atoms with Crippen molar-refractivity contribution in [2.75, 3.05) is 0 Å². The highest BCUT2D eigenvalue weighted by molar-refractivity contribution is 5.52. The minimum Gasteiger partial charge on any atom is -0.377 e. The van der Waals surface area contributed by atoms with Gasteiger partial charge in [-0.05, 0) is 54.5 Å². The number of alkyl halides is 1. The second-order valence-electron chi connectivity index (χ2n) is 7.17. The predicted octanol–water partition coefficient (Wildman–Crippen LogP) is 5.77. The summed E-state index contributed by atoms with van der Waals surface area (Å²) < 4.78 is 12.5. The predicted molar refractivity (Wildman–Crippen MR) is 106 cm³/mol. The Bertz CT molecular complexity index is 743. The van der Waals surface area contributed by atoms with Gasteiger partial charge < -0.3 is 5.32 Å². The Kier molecular flexibility index (Phi) is 6.21. The van der Waals surface area contributed by atoms with Gasteiger partial charge in [0, 0.05) is 11.9 Å². The van der Waals surface area contributed by atoms with E-state index in [9.17, 15) is 4.39 Å². The zero-order valence-electron chi connectivity index (χ0n) is 15.4. The first kappa shape index (κ1) is 18.4. The van der Waals surface area contributed by atoms with Crippen molar-refractivity contribution in [3.05, 3.63) is 83.3 Å². The largest absolute Gasteiger partial charge is 0.377 e. The number of rotatable bonds is 9. The maximum atomic E-state index is 12.5. The van der Waals surface area contributed by atoms with Crippen molar-refractivity contribution in [2.24, 2.45) is 5.92 Å². The molecule has 3 rings (SSSR count). The van der Waals surface area contributed by atoms with E-state index >= 15 is 0 Å². The molecule has 1 heterocycles. The number of aromatic nitrogens is 1. The molecule has 0 aliphatic heterocycles. The molecule has 26 heavy (non-hydrogen) atoms.